The van der Waals surface area contributed by atoms with E-state index in [1.54, 1.807) is 12.1 Å². The molecule has 1 unspecified atom stereocenters. The van der Waals surface area contributed by atoms with Crippen LogP contribution in [0.15, 0.2) is 18.2 Å². The molecule has 1 heterocycles. The molecule has 2 rings (SSSR count). The number of amides is 1. The SMILES string of the molecule is CCCC(=O)NC1CCCN(c2ccc([N+](=O)[O-])c(OC)c2)C1. The van der Waals surface area contributed by atoms with Crippen LogP contribution in [0.25, 0.3) is 0 Å². The van der Waals surface area contributed by atoms with Gasteiger partial charge in [0.05, 0.1) is 12.0 Å². The number of nitro groups is 1. The summed E-state index contributed by atoms with van der Waals surface area (Å²) in [6.07, 6.45) is 3.30. The van der Waals surface area contributed by atoms with Crippen LogP contribution in [0.5, 0.6) is 5.75 Å². The number of nitro benzene ring substituents is 1. The molecule has 1 N–H and O–H groups in total. The van der Waals surface area contributed by atoms with Crippen molar-refractivity contribution in [2.75, 3.05) is 25.1 Å². The summed E-state index contributed by atoms with van der Waals surface area (Å²) in [5, 5.41) is 14.0. The van der Waals surface area contributed by atoms with E-state index in [1.807, 2.05) is 6.92 Å². The molecular formula is C16H23N3O4. The van der Waals surface area contributed by atoms with Crippen molar-refractivity contribution in [2.24, 2.45) is 0 Å². The summed E-state index contributed by atoms with van der Waals surface area (Å²) in [4.78, 5) is 24.4. The highest BCUT2D eigenvalue weighted by atomic mass is 16.6. The van der Waals surface area contributed by atoms with Crippen molar-refractivity contribution in [1.82, 2.24) is 5.32 Å². The van der Waals surface area contributed by atoms with E-state index in [-0.39, 0.29) is 23.4 Å². The van der Waals surface area contributed by atoms with E-state index in [9.17, 15) is 14.9 Å². The van der Waals surface area contributed by atoms with Gasteiger partial charge < -0.3 is 15.0 Å². The average molecular weight is 321 g/mol. The van der Waals surface area contributed by atoms with Crippen LogP contribution in [0.4, 0.5) is 11.4 Å². The molecule has 0 aliphatic carbocycles. The quantitative estimate of drug-likeness (QED) is 0.643. The van der Waals surface area contributed by atoms with Gasteiger partial charge in [-0.3, -0.25) is 14.9 Å². The van der Waals surface area contributed by atoms with Crippen molar-refractivity contribution in [3.05, 3.63) is 28.3 Å². The topological polar surface area (TPSA) is 84.7 Å². The summed E-state index contributed by atoms with van der Waals surface area (Å²) in [6, 6.07) is 5.00. The fourth-order valence-electron chi connectivity index (χ4n) is 2.87. The number of nitrogens with zero attached hydrogens (tertiary/aromatic N) is 2. The van der Waals surface area contributed by atoms with E-state index in [0.29, 0.717) is 13.0 Å². The first-order valence-electron chi connectivity index (χ1n) is 7.92. The number of ether oxygens (including phenoxy) is 1. The van der Waals surface area contributed by atoms with Crippen LogP contribution in [-0.2, 0) is 4.79 Å². The van der Waals surface area contributed by atoms with E-state index in [0.717, 1.165) is 31.5 Å². The summed E-state index contributed by atoms with van der Waals surface area (Å²) in [7, 11) is 1.43. The molecule has 0 aromatic heterocycles. The monoisotopic (exact) mass is 321 g/mol. The minimum absolute atomic E-state index is 0.0407. The molecule has 1 aliphatic rings. The summed E-state index contributed by atoms with van der Waals surface area (Å²) in [6.45, 7) is 3.55. The van der Waals surface area contributed by atoms with Crippen LogP contribution in [0.3, 0.4) is 0 Å². The van der Waals surface area contributed by atoms with Crippen LogP contribution in [-0.4, -0.2) is 37.1 Å². The molecule has 1 fully saturated rings. The molecule has 0 spiro atoms. The van der Waals surface area contributed by atoms with Crippen LogP contribution in [0.1, 0.15) is 32.6 Å². The number of hydrogen-bond acceptors (Lipinski definition) is 5. The van der Waals surface area contributed by atoms with Crippen molar-refractivity contribution in [3.8, 4) is 5.75 Å². The number of piperidine rings is 1. The largest absolute Gasteiger partial charge is 0.490 e. The van der Waals surface area contributed by atoms with Crippen LogP contribution >= 0.6 is 0 Å². The minimum Gasteiger partial charge on any atom is -0.490 e. The van der Waals surface area contributed by atoms with Gasteiger partial charge >= 0.3 is 5.69 Å². The van der Waals surface area contributed by atoms with E-state index in [2.05, 4.69) is 10.2 Å². The number of carbonyl (C=O) groups is 1. The highest BCUT2D eigenvalue weighted by Gasteiger charge is 2.23. The van der Waals surface area contributed by atoms with Gasteiger partial charge in [0, 0.05) is 43.4 Å². The molecule has 1 aliphatic heterocycles. The number of hydrogen-bond donors (Lipinski definition) is 1. The van der Waals surface area contributed by atoms with Crippen LogP contribution < -0.4 is 15.0 Å². The fraction of sp³-hybridized carbons (Fsp3) is 0.562. The van der Waals surface area contributed by atoms with Crippen molar-refractivity contribution >= 4 is 17.3 Å². The fourth-order valence-corrected chi connectivity index (χ4v) is 2.87. The molecule has 23 heavy (non-hydrogen) atoms. The van der Waals surface area contributed by atoms with Gasteiger partial charge in [-0.2, -0.15) is 0 Å². The molecule has 1 aromatic rings. The highest BCUT2D eigenvalue weighted by molar-refractivity contribution is 5.76. The molecular weight excluding hydrogens is 298 g/mol. The first kappa shape index (κ1) is 17.1. The zero-order valence-electron chi connectivity index (χ0n) is 13.6. The Morgan fingerprint density at radius 3 is 2.96 bits per heavy atom. The zero-order valence-corrected chi connectivity index (χ0v) is 13.6. The zero-order chi connectivity index (χ0) is 16.8. The molecule has 1 saturated heterocycles. The molecule has 0 radical (unpaired) electrons. The Hall–Kier alpha value is -2.31. The average Bonchev–Trinajstić information content (AvgIpc) is 2.54. The lowest BCUT2D eigenvalue weighted by atomic mass is 10.0. The van der Waals surface area contributed by atoms with Crippen molar-refractivity contribution in [2.45, 2.75) is 38.6 Å². The molecule has 1 amide bonds. The summed E-state index contributed by atoms with van der Waals surface area (Å²) < 4.78 is 5.12. The lowest BCUT2D eigenvalue weighted by Gasteiger charge is -2.34. The second-order valence-electron chi connectivity index (χ2n) is 5.72. The van der Waals surface area contributed by atoms with Gasteiger partial charge in [0.1, 0.15) is 0 Å². The third-order valence-electron chi connectivity index (χ3n) is 3.99. The lowest BCUT2D eigenvalue weighted by molar-refractivity contribution is -0.385. The predicted octanol–water partition coefficient (Wildman–Crippen LogP) is 2.49. The molecule has 0 bridgehead atoms. The van der Waals surface area contributed by atoms with E-state index >= 15 is 0 Å². The first-order valence-corrected chi connectivity index (χ1v) is 7.92. The standard InChI is InChI=1S/C16H23N3O4/c1-3-5-16(20)17-12-6-4-9-18(11-12)13-7-8-14(19(21)22)15(10-13)23-2/h7-8,10,12H,3-6,9,11H2,1-2H3,(H,17,20). The maximum absolute atomic E-state index is 11.7. The van der Waals surface area contributed by atoms with Gasteiger partial charge in [-0.15, -0.1) is 0 Å². The van der Waals surface area contributed by atoms with Crippen LogP contribution in [0, 0.1) is 10.1 Å². The molecule has 0 saturated carbocycles. The Labute approximate surface area is 135 Å². The van der Waals surface area contributed by atoms with E-state index < -0.39 is 4.92 Å². The van der Waals surface area contributed by atoms with Gasteiger partial charge in [-0.1, -0.05) is 6.92 Å². The predicted molar refractivity (Wildman–Crippen MR) is 87.9 cm³/mol. The summed E-state index contributed by atoms with van der Waals surface area (Å²) in [5.74, 6) is 0.338. The Morgan fingerprint density at radius 1 is 1.52 bits per heavy atom. The van der Waals surface area contributed by atoms with Crippen LogP contribution in [0.2, 0.25) is 0 Å². The normalized spacial score (nSPS) is 17.7. The Kier molecular flexibility index (Phi) is 5.78. The Bertz CT molecular complexity index is 576. The highest BCUT2D eigenvalue weighted by Crippen LogP contribution is 2.32. The molecule has 1 aromatic carbocycles. The number of rotatable bonds is 6. The van der Waals surface area contributed by atoms with E-state index in [4.69, 9.17) is 4.74 Å². The third kappa shape index (κ3) is 4.34. The second-order valence-corrected chi connectivity index (χ2v) is 5.72. The summed E-state index contributed by atoms with van der Waals surface area (Å²) in [5.41, 5.74) is 0.836. The summed E-state index contributed by atoms with van der Waals surface area (Å²) >= 11 is 0. The molecule has 1 atom stereocenters. The van der Waals surface area contributed by atoms with Gasteiger partial charge in [0.25, 0.3) is 0 Å². The minimum atomic E-state index is -0.452. The van der Waals surface area contributed by atoms with Gasteiger partial charge in [-0.25, -0.2) is 0 Å². The van der Waals surface area contributed by atoms with Gasteiger partial charge in [0.2, 0.25) is 5.91 Å². The van der Waals surface area contributed by atoms with Crippen molar-refractivity contribution < 1.29 is 14.5 Å². The number of carbonyl (C=O) groups excluding carboxylic acids is 1. The Balaban J connectivity index is 2.09. The number of anilines is 1. The first-order chi connectivity index (χ1) is 11.0. The maximum Gasteiger partial charge on any atom is 0.311 e. The molecule has 7 nitrogen and oxygen atoms in total. The van der Waals surface area contributed by atoms with Gasteiger partial charge in [0.15, 0.2) is 5.75 Å². The van der Waals surface area contributed by atoms with E-state index in [1.165, 1.54) is 13.2 Å². The Morgan fingerprint density at radius 2 is 2.30 bits per heavy atom. The van der Waals surface area contributed by atoms with Crippen molar-refractivity contribution in [3.63, 3.8) is 0 Å². The number of methoxy groups -OCH3 is 1. The number of nitrogens with one attached hydrogen (secondary N) is 1. The third-order valence-corrected chi connectivity index (χ3v) is 3.99. The smallest absolute Gasteiger partial charge is 0.311 e. The maximum atomic E-state index is 11.7. The molecule has 126 valence electrons. The van der Waals surface area contributed by atoms with Crippen molar-refractivity contribution in [1.29, 1.82) is 0 Å². The second kappa shape index (κ2) is 7.80. The number of benzene rings is 1. The molecule has 7 heteroatoms. The van der Waals surface area contributed by atoms with Gasteiger partial charge in [-0.05, 0) is 25.3 Å². The lowest BCUT2D eigenvalue weighted by Crippen LogP contribution is -2.47.